The van der Waals surface area contributed by atoms with Gasteiger partial charge in [-0.1, -0.05) is 6.07 Å². The summed E-state index contributed by atoms with van der Waals surface area (Å²) in [5.41, 5.74) is 3.28. The first kappa shape index (κ1) is 12.7. The van der Waals surface area contributed by atoms with Crippen molar-refractivity contribution in [2.24, 2.45) is 17.8 Å². The molecule has 0 saturated heterocycles. The Morgan fingerprint density at radius 1 is 1.26 bits per heavy atom. The Kier molecular flexibility index (Phi) is 3.31. The molecule has 3 rings (SSSR count). The number of methoxy groups -OCH3 is 1. The lowest BCUT2D eigenvalue weighted by Gasteiger charge is -2.14. The number of fused-ring (bicyclic) bond motifs is 2. The zero-order valence-corrected chi connectivity index (χ0v) is 11.3. The summed E-state index contributed by atoms with van der Waals surface area (Å²) < 4.78 is 4.78. The number of aliphatic hydroxyl groups is 1. The quantitative estimate of drug-likeness (QED) is 0.829. The van der Waals surface area contributed by atoms with Gasteiger partial charge in [0.15, 0.2) is 0 Å². The van der Waals surface area contributed by atoms with Gasteiger partial charge in [-0.25, -0.2) is 4.79 Å². The highest BCUT2D eigenvalue weighted by molar-refractivity contribution is 5.89. The standard InChI is InChI=1S/C16H20O3/c1-19-16(18)12-3-2-10-4-6-13-14(15(13)9-17)7-5-11(10)8-12/h2-3,8,13-15,17H,4-7,9H2,1H3. The largest absolute Gasteiger partial charge is 0.465 e. The van der Waals surface area contributed by atoms with Crippen LogP contribution in [-0.2, 0) is 17.6 Å². The summed E-state index contributed by atoms with van der Waals surface area (Å²) in [5, 5.41) is 9.33. The molecule has 2 aliphatic carbocycles. The molecule has 1 fully saturated rings. The number of carbonyl (C=O) groups is 1. The second kappa shape index (κ2) is 4.97. The summed E-state index contributed by atoms with van der Waals surface area (Å²) in [6.07, 6.45) is 4.38. The van der Waals surface area contributed by atoms with Crippen LogP contribution in [-0.4, -0.2) is 24.8 Å². The van der Waals surface area contributed by atoms with Crippen LogP contribution in [0.2, 0.25) is 0 Å². The highest BCUT2D eigenvalue weighted by Gasteiger charge is 2.48. The van der Waals surface area contributed by atoms with E-state index in [1.807, 2.05) is 12.1 Å². The van der Waals surface area contributed by atoms with Crippen LogP contribution in [0.15, 0.2) is 18.2 Å². The molecule has 19 heavy (non-hydrogen) atoms. The van der Waals surface area contributed by atoms with Crippen LogP contribution in [0.25, 0.3) is 0 Å². The van der Waals surface area contributed by atoms with Gasteiger partial charge in [0.25, 0.3) is 0 Å². The molecule has 2 aliphatic rings. The number of ether oxygens (including phenoxy) is 1. The van der Waals surface area contributed by atoms with Crippen molar-refractivity contribution in [2.75, 3.05) is 13.7 Å². The van der Waals surface area contributed by atoms with E-state index >= 15 is 0 Å². The van der Waals surface area contributed by atoms with E-state index in [0.717, 1.165) is 25.2 Å². The lowest BCUT2D eigenvalue weighted by atomic mass is 9.92. The molecule has 1 aromatic rings. The van der Waals surface area contributed by atoms with Crippen LogP contribution in [0.4, 0.5) is 0 Å². The maximum Gasteiger partial charge on any atom is 0.337 e. The Balaban J connectivity index is 1.81. The van der Waals surface area contributed by atoms with Crippen molar-refractivity contribution in [1.29, 1.82) is 0 Å². The molecule has 0 amide bonds. The predicted molar refractivity (Wildman–Crippen MR) is 72.0 cm³/mol. The third-order valence-electron chi connectivity index (χ3n) is 4.84. The van der Waals surface area contributed by atoms with E-state index in [1.54, 1.807) is 0 Å². The van der Waals surface area contributed by atoms with Gasteiger partial charge in [0.2, 0.25) is 0 Å². The molecule has 3 unspecified atom stereocenters. The van der Waals surface area contributed by atoms with Crippen LogP contribution >= 0.6 is 0 Å². The predicted octanol–water partition coefficient (Wildman–Crippen LogP) is 2.21. The molecule has 1 N–H and O–H groups in total. The molecular formula is C16H20O3. The minimum Gasteiger partial charge on any atom is -0.465 e. The highest BCUT2D eigenvalue weighted by Crippen LogP contribution is 2.52. The second-order valence-corrected chi connectivity index (χ2v) is 5.73. The molecule has 3 heteroatoms. The molecule has 0 spiro atoms. The zero-order chi connectivity index (χ0) is 13.4. The number of hydrogen-bond acceptors (Lipinski definition) is 3. The van der Waals surface area contributed by atoms with Gasteiger partial charge in [-0.15, -0.1) is 0 Å². The molecule has 0 aliphatic heterocycles. The summed E-state index contributed by atoms with van der Waals surface area (Å²) in [6, 6.07) is 5.91. The van der Waals surface area contributed by atoms with Crippen molar-refractivity contribution in [3.8, 4) is 0 Å². The van der Waals surface area contributed by atoms with E-state index in [1.165, 1.54) is 24.7 Å². The molecular weight excluding hydrogens is 240 g/mol. The molecule has 0 aromatic heterocycles. The Bertz CT molecular complexity index is 495. The Labute approximate surface area is 113 Å². The van der Waals surface area contributed by atoms with Crippen LogP contribution in [0.1, 0.15) is 34.3 Å². The molecule has 0 heterocycles. The fourth-order valence-electron chi connectivity index (χ4n) is 3.64. The fourth-order valence-corrected chi connectivity index (χ4v) is 3.64. The SMILES string of the molecule is COC(=O)c1ccc2c(c1)CCC1C(CO)C1CC2. The van der Waals surface area contributed by atoms with E-state index in [0.29, 0.717) is 24.0 Å². The smallest absolute Gasteiger partial charge is 0.337 e. The van der Waals surface area contributed by atoms with Crippen molar-refractivity contribution in [3.63, 3.8) is 0 Å². The molecule has 0 bridgehead atoms. The fraction of sp³-hybridized carbons (Fsp3) is 0.562. The third-order valence-corrected chi connectivity index (χ3v) is 4.84. The number of benzene rings is 1. The third kappa shape index (κ3) is 2.27. The number of esters is 1. The van der Waals surface area contributed by atoms with Crippen molar-refractivity contribution < 1.29 is 14.6 Å². The van der Waals surface area contributed by atoms with Gasteiger partial charge in [0.1, 0.15) is 0 Å². The average Bonchev–Trinajstić information content (AvgIpc) is 3.10. The normalized spacial score (nSPS) is 28.6. The topological polar surface area (TPSA) is 46.5 Å². The van der Waals surface area contributed by atoms with Crippen molar-refractivity contribution >= 4 is 5.97 Å². The maximum absolute atomic E-state index is 11.6. The molecule has 1 saturated carbocycles. The monoisotopic (exact) mass is 260 g/mol. The summed E-state index contributed by atoms with van der Waals surface area (Å²) in [7, 11) is 1.42. The van der Waals surface area contributed by atoms with Crippen LogP contribution < -0.4 is 0 Å². The van der Waals surface area contributed by atoms with Crippen LogP contribution in [0, 0.1) is 17.8 Å². The number of aryl methyl sites for hydroxylation is 2. The molecule has 1 aromatic carbocycles. The summed E-state index contributed by atoms with van der Waals surface area (Å²) in [4.78, 5) is 11.6. The number of carbonyl (C=O) groups excluding carboxylic acids is 1. The Morgan fingerprint density at radius 3 is 2.58 bits per heavy atom. The first-order valence-electron chi connectivity index (χ1n) is 7.05. The first-order valence-corrected chi connectivity index (χ1v) is 7.05. The number of rotatable bonds is 2. The average molecular weight is 260 g/mol. The number of aliphatic hydroxyl groups excluding tert-OH is 1. The van der Waals surface area contributed by atoms with Gasteiger partial charge >= 0.3 is 5.97 Å². The summed E-state index contributed by atoms with van der Waals surface area (Å²) >= 11 is 0. The van der Waals surface area contributed by atoms with Gasteiger partial charge < -0.3 is 9.84 Å². The first-order chi connectivity index (χ1) is 9.24. The van der Waals surface area contributed by atoms with Gasteiger partial charge in [-0.3, -0.25) is 0 Å². The summed E-state index contributed by atoms with van der Waals surface area (Å²) in [5.74, 6) is 1.68. The van der Waals surface area contributed by atoms with Crippen molar-refractivity contribution in [3.05, 3.63) is 34.9 Å². The van der Waals surface area contributed by atoms with Crippen molar-refractivity contribution in [2.45, 2.75) is 25.7 Å². The van der Waals surface area contributed by atoms with Crippen LogP contribution in [0.5, 0.6) is 0 Å². The van der Waals surface area contributed by atoms with E-state index in [2.05, 4.69) is 6.07 Å². The number of hydrogen-bond donors (Lipinski definition) is 1. The molecule has 102 valence electrons. The highest BCUT2D eigenvalue weighted by atomic mass is 16.5. The van der Waals surface area contributed by atoms with Crippen molar-refractivity contribution in [1.82, 2.24) is 0 Å². The Hall–Kier alpha value is -1.35. The van der Waals surface area contributed by atoms with E-state index in [4.69, 9.17) is 4.74 Å². The van der Waals surface area contributed by atoms with Gasteiger partial charge in [-0.2, -0.15) is 0 Å². The summed E-state index contributed by atoms with van der Waals surface area (Å²) in [6.45, 7) is 0.332. The van der Waals surface area contributed by atoms with Crippen LogP contribution in [0.3, 0.4) is 0 Å². The molecule has 3 nitrogen and oxygen atoms in total. The van der Waals surface area contributed by atoms with E-state index in [9.17, 15) is 9.90 Å². The minimum atomic E-state index is -0.262. The molecule has 3 atom stereocenters. The minimum absolute atomic E-state index is 0.262. The lowest BCUT2D eigenvalue weighted by molar-refractivity contribution is 0.0600. The zero-order valence-electron chi connectivity index (χ0n) is 11.3. The van der Waals surface area contributed by atoms with E-state index in [-0.39, 0.29) is 5.97 Å². The van der Waals surface area contributed by atoms with Gasteiger partial charge in [0.05, 0.1) is 12.7 Å². The Morgan fingerprint density at radius 2 is 1.95 bits per heavy atom. The van der Waals surface area contributed by atoms with E-state index < -0.39 is 0 Å². The lowest BCUT2D eigenvalue weighted by Crippen LogP contribution is -2.06. The van der Waals surface area contributed by atoms with Gasteiger partial charge in [0, 0.05) is 6.61 Å². The van der Waals surface area contributed by atoms with Gasteiger partial charge in [-0.05, 0) is 66.7 Å². The second-order valence-electron chi connectivity index (χ2n) is 5.73. The maximum atomic E-state index is 11.6. The molecule has 0 radical (unpaired) electrons.